The minimum Gasteiger partial charge on any atom is -0.493 e. The highest BCUT2D eigenvalue weighted by molar-refractivity contribution is 5.79. The van der Waals surface area contributed by atoms with Crippen LogP contribution < -0.4 is 20.1 Å². The number of hydrogen-bond donors (Lipinski definition) is 2. The van der Waals surface area contributed by atoms with E-state index in [4.69, 9.17) is 9.47 Å². The Balaban J connectivity index is 1.70. The summed E-state index contributed by atoms with van der Waals surface area (Å²) in [6.45, 7) is 3.51. The van der Waals surface area contributed by atoms with Crippen molar-refractivity contribution in [2.45, 2.75) is 19.5 Å². The van der Waals surface area contributed by atoms with E-state index >= 15 is 0 Å². The van der Waals surface area contributed by atoms with Gasteiger partial charge in [-0.3, -0.25) is 4.99 Å². The van der Waals surface area contributed by atoms with Crippen LogP contribution in [0.1, 0.15) is 17.5 Å². The molecule has 2 aromatic carbocycles. The van der Waals surface area contributed by atoms with Crippen LogP contribution >= 0.6 is 0 Å². The predicted octanol–water partition coefficient (Wildman–Crippen LogP) is 2.89. The fourth-order valence-electron chi connectivity index (χ4n) is 2.93. The zero-order chi connectivity index (χ0) is 20.2. The average molecular weight is 385 g/mol. The molecule has 152 valence electrons. The van der Waals surface area contributed by atoms with Crippen molar-refractivity contribution < 1.29 is 9.47 Å². The van der Waals surface area contributed by atoms with Crippen LogP contribution in [0.5, 0.6) is 11.5 Å². The Morgan fingerprint density at radius 2 is 1.71 bits per heavy atom. The Hall–Kier alpha value is -2.73. The third kappa shape index (κ3) is 7.12. The van der Waals surface area contributed by atoms with E-state index in [9.17, 15) is 0 Å². The second-order valence-electron chi connectivity index (χ2n) is 6.62. The molecule has 6 heteroatoms. The SMILES string of the molecule is CN=C(NCCCN(C)Cc1ccccc1)NCc1ccc(OC)c(OC)c1. The lowest BCUT2D eigenvalue weighted by molar-refractivity contribution is 0.322. The molecule has 0 aliphatic carbocycles. The Bertz CT molecular complexity index is 735. The van der Waals surface area contributed by atoms with Gasteiger partial charge in [0.1, 0.15) is 0 Å². The van der Waals surface area contributed by atoms with E-state index in [1.807, 2.05) is 24.3 Å². The smallest absolute Gasteiger partial charge is 0.191 e. The van der Waals surface area contributed by atoms with Gasteiger partial charge in [0.05, 0.1) is 14.2 Å². The van der Waals surface area contributed by atoms with E-state index in [2.05, 4.69) is 51.8 Å². The molecule has 28 heavy (non-hydrogen) atoms. The molecule has 2 aromatic rings. The Morgan fingerprint density at radius 1 is 0.964 bits per heavy atom. The van der Waals surface area contributed by atoms with Crippen LogP contribution in [0.25, 0.3) is 0 Å². The largest absolute Gasteiger partial charge is 0.493 e. The van der Waals surface area contributed by atoms with Gasteiger partial charge in [-0.05, 0) is 43.3 Å². The molecule has 0 aliphatic rings. The molecule has 0 saturated heterocycles. The number of nitrogens with one attached hydrogen (secondary N) is 2. The Kier molecular flexibility index (Phi) is 9.15. The third-order valence-corrected chi connectivity index (χ3v) is 4.44. The van der Waals surface area contributed by atoms with Gasteiger partial charge in [0.15, 0.2) is 17.5 Å². The second kappa shape index (κ2) is 11.9. The van der Waals surface area contributed by atoms with Gasteiger partial charge in [-0.15, -0.1) is 0 Å². The summed E-state index contributed by atoms with van der Waals surface area (Å²) in [5.41, 5.74) is 2.44. The van der Waals surface area contributed by atoms with Crippen molar-refractivity contribution in [1.29, 1.82) is 0 Å². The molecule has 0 unspecified atom stereocenters. The maximum absolute atomic E-state index is 5.35. The molecule has 6 nitrogen and oxygen atoms in total. The average Bonchev–Trinajstić information content (AvgIpc) is 2.73. The quantitative estimate of drug-likeness (QED) is 0.375. The van der Waals surface area contributed by atoms with Gasteiger partial charge in [-0.25, -0.2) is 0 Å². The lowest BCUT2D eigenvalue weighted by Gasteiger charge is -2.17. The zero-order valence-corrected chi connectivity index (χ0v) is 17.4. The lowest BCUT2D eigenvalue weighted by Crippen LogP contribution is -2.38. The van der Waals surface area contributed by atoms with Gasteiger partial charge in [0.25, 0.3) is 0 Å². The van der Waals surface area contributed by atoms with Gasteiger partial charge < -0.3 is 25.0 Å². The van der Waals surface area contributed by atoms with Crippen molar-refractivity contribution >= 4 is 5.96 Å². The van der Waals surface area contributed by atoms with E-state index in [0.717, 1.165) is 49.1 Å². The maximum atomic E-state index is 5.35. The summed E-state index contributed by atoms with van der Waals surface area (Å²) in [6, 6.07) is 16.4. The number of methoxy groups -OCH3 is 2. The first-order valence-electron chi connectivity index (χ1n) is 9.54. The summed E-state index contributed by atoms with van der Waals surface area (Å²) in [5.74, 6) is 2.25. The molecule has 2 N–H and O–H groups in total. The van der Waals surface area contributed by atoms with Crippen LogP contribution in [-0.4, -0.2) is 52.3 Å². The highest BCUT2D eigenvalue weighted by Crippen LogP contribution is 2.27. The number of nitrogens with zero attached hydrogens (tertiary/aromatic N) is 2. The van der Waals surface area contributed by atoms with E-state index in [1.165, 1.54) is 5.56 Å². The summed E-state index contributed by atoms with van der Waals surface area (Å²) in [4.78, 5) is 6.62. The number of hydrogen-bond acceptors (Lipinski definition) is 4. The molecule has 0 bridgehead atoms. The minimum atomic E-state index is 0.661. The number of guanidine groups is 1. The molecular weight excluding hydrogens is 352 g/mol. The van der Waals surface area contributed by atoms with Gasteiger partial charge in [0.2, 0.25) is 0 Å². The number of benzene rings is 2. The highest BCUT2D eigenvalue weighted by atomic mass is 16.5. The predicted molar refractivity (Wildman–Crippen MR) is 115 cm³/mol. The van der Waals surface area contributed by atoms with Gasteiger partial charge in [-0.2, -0.15) is 0 Å². The molecule has 0 fully saturated rings. The standard InChI is InChI=1S/C22H32N4O2/c1-23-22(25-16-19-11-12-20(27-3)21(15-19)28-4)24-13-8-14-26(2)17-18-9-6-5-7-10-18/h5-7,9-12,15H,8,13-14,16-17H2,1-4H3,(H2,23,24,25). The van der Waals surface area contributed by atoms with Crippen LogP contribution in [0.3, 0.4) is 0 Å². The molecule has 0 aromatic heterocycles. The van der Waals surface area contributed by atoms with Crippen molar-refractivity contribution in [1.82, 2.24) is 15.5 Å². The van der Waals surface area contributed by atoms with E-state index in [-0.39, 0.29) is 0 Å². The van der Waals surface area contributed by atoms with Crippen LogP contribution in [0.15, 0.2) is 53.5 Å². The van der Waals surface area contributed by atoms with Crippen LogP contribution in [-0.2, 0) is 13.1 Å². The second-order valence-corrected chi connectivity index (χ2v) is 6.62. The highest BCUT2D eigenvalue weighted by Gasteiger charge is 2.05. The summed E-state index contributed by atoms with van der Waals surface area (Å²) in [5, 5.41) is 6.70. The molecule has 0 heterocycles. The van der Waals surface area contributed by atoms with Crippen molar-refractivity contribution in [3.63, 3.8) is 0 Å². The minimum absolute atomic E-state index is 0.661. The monoisotopic (exact) mass is 384 g/mol. The fraction of sp³-hybridized carbons (Fsp3) is 0.409. The first-order valence-corrected chi connectivity index (χ1v) is 9.54. The molecule has 0 saturated carbocycles. The van der Waals surface area contributed by atoms with Crippen molar-refractivity contribution in [2.24, 2.45) is 4.99 Å². The summed E-state index contributed by atoms with van der Waals surface area (Å²) in [7, 11) is 7.21. The fourth-order valence-corrected chi connectivity index (χ4v) is 2.93. The Morgan fingerprint density at radius 3 is 2.39 bits per heavy atom. The van der Waals surface area contributed by atoms with Crippen molar-refractivity contribution in [3.8, 4) is 11.5 Å². The molecule has 2 rings (SSSR count). The number of rotatable bonds is 10. The first kappa shape index (κ1) is 21.6. The van der Waals surface area contributed by atoms with E-state index < -0.39 is 0 Å². The molecule has 0 spiro atoms. The lowest BCUT2D eigenvalue weighted by atomic mass is 10.2. The summed E-state index contributed by atoms with van der Waals surface area (Å²) in [6.07, 6.45) is 1.04. The molecule has 0 radical (unpaired) electrons. The van der Waals surface area contributed by atoms with Crippen LogP contribution in [0.2, 0.25) is 0 Å². The van der Waals surface area contributed by atoms with Crippen molar-refractivity contribution in [3.05, 3.63) is 59.7 Å². The van der Waals surface area contributed by atoms with Gasteiger partial charge >= 0.3 is 0 Å². The van der Waals surface area contributed by atoms with Crippen LogP contribution in [0.4, 0.5) is 0 Å². The van der Waals surface area contributed by atoms with Crippen LogP contribution in [0, 0.1) is 0 Å². The zero-order valence-electron chi connectivity index (χ0n) is 17.4. The normalized spacial score (nSPS) is 11.4. The molecular formula is C22H32N4O2. The number of aliphatic imine (C=N–C) groups is 1. The van der Waals surface area contributed by atoms with Gasteiger partial charge in [0, 0.05) is 26.7 Å². The molecule has 0 atom stereocenters. The van der Waals surface area contributed by atoms with E-state index in [0.29, 0.717) is 6.54 Å². The Labute approximate surface area is 168 Å². The number of ether oxygens (including phenoxy) is 2. The molecule has 0 aliphatic heterocycles. The van der Waals surface area contributed by atoms with E-state index in [1.54, 1.807) is 21.3 Å². The third-order valence-electron chi connectivity index (χ3n) is 4.44. The summed E-state index contributed by atoms with van der Waals surface area (Å²) >= 11 is 0. The van der Waals surface area contributed by atoms with Gasteiger partial charge in [-0.1, -0.05) is 36.4 Å². The maximum Gasteiger partial charge on any atom is 0.191 e. The summed E-state index contributed by atoms with van der Waals surface area (Å²) < 4.78 is 10.6. The molecule has 0 amide bonds. The topological polar surface area (TPSA) is 58.1 Å². The first-order chi connectivity index (χ1) is 13.7. The van der Waals surface area contributed by atoms with Crippen molar-refractivity contribution in [2.75, 3.05) is 41.4 Å².